The maximum Gasteiger partial charge on any atom is 0.227 e. The van der Waals surface area contributed by atoms with Crippen LogP contribution < -0.4 is 10.2 Å². The third kappa shape index (κ3) is 4.19. The first-order chi connectivity index (χ1) is 13.7. The summed E-state index contributed by atoms with van der Waals surface area (Å²) in [4.78, 5) is 14.1. The quantitative estimate of drug-likeness (QED) is 0.666. The second-order valence-electron chi connectivity index (χ2n) is 6.89. The first-order valence-electron chi connectivity index (χ1n) is 9.57. The van der Waals surface area contributed by atoms with Gasteiger partial charge in [0.1, 0.15) is 5.82 Å². The molecule has 6 nitrogen and oxygen atoms in total. The molecular formula is C21H24ClN5O. The van der Waals surface area contributed by atoms with Crippen molar-refractivity contribution in [3.63, 3.8) is 0 Å². The first kappa shape index (κ1) is 18.9. The monoisotopic (exact) mass is 397 g/mol. The number of hydrogen-bond acceptors (Lipinski definition) is 6. The van der Waals surface area contributed by atoms with Crippen molar-refractivity contribution in [3.8, 4) is 0 Å². The van der Waals surface area contributed by atoms with Crippen molar-refractivity contribution in [1.82, 2.24) is 14.9 Å². The third-order valence-corrected chi connectivity index (χ3v) is 5.37. The van der Waals surface area contributed by atoms with E-state index < -0.39 is 0 Å². The minimum atomic E-state index is 0.0639. The Balaban J connectivity index is 1.48. The highest BCUT2D eigenvalue weighted by molar-refractivity contribution is 6.31. The Kier molecular flexibility index (Phi) is 5.90. The van der Waals surface area contributed by atoms with E-state index in [0.29, 0.717) is 6.54 Å². The second kappa shape index (κ2) is 8.73. The van der Waals surface area contributed by atoms with Crippen molar-refractivity contribution in [3.05, 3.63) is 59.1 Å². The van der Waals surface area contributed by atoms with Crippen LogP contribution in [0.4, 0.5) is 11.8 Å². The maximum absolute atomic E-state index is 9.16. The van der Waals surface area contributed by atoms with Gasteiger partial charge in [-0.3, -0.25) is 4.90 Å². The Bertz CT molecular complexity index is 943. The highest BCUT2D eigenvalue weighted by Gasteiger charge is 2.21. The number of aromatic nitrogens is 2. The average molecular weight is 398 g/mol. The summed E-state index contributed by atoms with van der Waals surface area (Å²) in [6, 6.07) is 16.0. The number of fused-ring (bicyclic) bond motifs is 1. The molecule has 1 aromatic heterocycles. The molecule has 1 aliphatic rings. The summed E-state index contributed by atoms with van der Waals surface area (Å²) < 4.78 is 0. The van der Waals surface area contributed by atoms with E-state index in [-0.39, 0.29) is 6.61 Å². The van der Waals surface area contributed by atoms with Gasteiger partial charge in [-0.1, -0.05) is 41.9 Å². The Morgan fingerprint density at radius 2 is 1.71 bits per heavy atom. The van der Waals surface area contributed by atoms with Gasteiger partial charge in [0, 0.05) is 49.7 Å². The van der Waals surface area contributed by atoms with E-state index in [1.54, 1.807) is 0 Å². The molecule has 146 valence electrons. The minimum absolute atomic E-state index is 0.0639. The van der Waals surface area contributed by atoms with Crippen molar-refractivity contribution in [2.24, 2.45) is 0 Å². The van der Waals surface area contributed by atoms with Crippen LogP contribution in [0.25, 0.3) is 10.9 Å². The highest BCUT2D eigenvalue weighted by atomic mass is 35.5. The van der Waals surface area contributed by atoms with Crippen LogP contribution in [0, 0.1) is 0 Å². The molecular weight excluding hydrogens is 374 g/mol. The number of piperazine rings is 1. The molecule has 3 aromatic rings. The lowest BCUT2D eigenvalue weighted by molar-refractivity contribution is 0.249. The molecule has 2 aromatic carbocycles. The summed E-state index contributed by atoms with van der Waals surface area (Å²) in [6.07, 6.45) is 0. The van der Waals surface area contributed by atoms with Crippen LogP contribution in [0.15, 0.2) is 48.5 Å². The predicted molar refractivity (Wildman–Crippen MR) is 114 cm³/mol. The normalized spacial score (nSPS) is 15.1. The summed E-state index contributed by atoms with van der Waals surface area (Å²) >= 11 is 6.30. The Morgan fingerprint density at radius 1 is 0.964 bits per heavy atom. The van der Waals surface area contributed by atoms with E-state index in [1.807, 2.05) is 42.5 Å². The summed E-state index contributed by atoms with van der Waals surface area (Å²) in [7, 11) is 0. The largest absolute Gasteiger partial charge is 0.395 e. The molecule has 2 N–H and O–H groups in total. The molecule has 1 saturated heterocycles. The molecule has 1 aliphatic heterocycles. The standard InChI is InChI=1S/C21H24ClN5O/c22-18-7-3-1-5-16(18)15-26-10-12-27(13-11-26)21-24-19-8-4-2-6-17(19)20(25-21)23-9-14-28/h1-8,28H,9-15H2,(H,23,24,25). The van der Waals surface area contributed by atoms with Gasteiger partial charge in [0.15, 0.2) is 0 Å². The fourth-order valence-corrected chi connectivity index (χ4v) is 3.68. The van der Waals surface area contributed by atoms with Crippen LogP contribution >= 0.6 is 11.6 Å². The van der Waals surface area contributed by atoms with E-state index in [9.17, 15) is 0 Å². The fraction of sp³-hybridized carbons (Fsp3) is 0.333. The van der Waals surface area contributed by atoms with Crippen LogP contribution in [-0.4, -0.2) is 59.3 Å². The van der Waals surface area contributed by atoms with Crippen LogP contribution in [0.3, 0.4) is 0 Å². The second-order valence-corrected chi connectivity index (χ2v) is 7.30. The number of benzene rings is 2. The lowest BCUT2D eigenvalue weighted by Gasteiger charge is -2.35. The Morgan fingerprint density at radius 3 is 2.50 bits per heavy atom. The molecule has 0 amide bonds. The van der Waals surface area contributed by atoms with Crippen molar-refractivity contribution in [1.29, 1.82) is 0 Å². The van der Waals surface area contributed by atoms with Gasteiger partial charge in [-0.05, 0) is 23.8 Å². The van der Waals surface area contributed by atoms with Crippen LogP contribution in [-0.2, 0) is 6.54 Å². The van der Waals surface area contributed by atoms with Crippen molar-refractivity contribution >= 4 is 34.3 Å². The van der Waals surface area contributed by atoms with Crippen molar-refractivity contribution < 1.29 is 5.11 Å². The zero-order chi connectivity index (χ0) is 19.3. The van der Waals surface area contributed by atoms with Gasteiger partial charge in [0.25, 0.3) is 0 Å². The molecule has 4 rings (SSSR count). The maximum atomic E-state index is 9.16. The SMILES string of the molecule is OCCNc1nc(N2CCN(Cc3ccccc3Cl)CC2)nc2ccccc12. The number of aliphatic hydroxyl groups excluding tert-OH is 1. The smallest absolute Gasteiger partial charge is 0.227 e. The van der Waals surface area contributed by atoms with Gasteiger partial charge in [-0.2, -0.15) is 4.98 Å². The van der Waals surface area contributed by atoms with E-state index in [0.717, 1.165) is 66.0 Å². The van der Waals surface area contributed by atoms with Crippen molar-refractivity contribution in [2.45, 2.75) is 6.54 Å². The van der Waals surface area contributed by atoms with E-state index in [1.165, 1.54) is 0 Å². The number of rotatable bonds is 6. The number of para-hydroxylation sites is 1. The molecule has 0 atom stereocenters. The predicted octanol–water partition coefficient (Wildman–Crippen LogP) is 3.01. The zero-order valence-corrected chi connectivity index (χ0v) is 16.4. The first-order valence-corrected chi connectivity index (χ1v) is 9.94. The number of halogens is 1. The Labute approximate surface area is 169 Å². The molecule has 0 unspecified atom stereocenters. The topological polar surface area (TPSA) is 64.5 Å². The molecule has 1 fully saturated rings. The molecule has 0 aliphatic carbocycles. The number of nitrogens with zero attached hydrogens (tertiary/aromatic N) is 4. The van der Waals surface area contributed by atoms with Gasteiger partial charge in [-0.25, -0.2) is 4.98 Å². The molecule has 2 heterocycles. The lowest BCUT2D eigenvalue weighted by Crippen LogP contribution is -2.46. The van der Waals surface area contributed by atoms with Gasteiger partial charge in [0.05, 0.1) is 12.1 Å². The minimum Gasteiger partial charge on any atom is -0.395 e. The average Bonchev–Trinajstić information content (AvgIpc) is 2.74. The van der Waals surface area contributed by atoms with Crippen LogP contribution in [0.5, 0.6) is 0 Å². The van der Waals surface area contributed by atoms with E-state index >= 15 is 0 Å². The number of anilines is 2. The number of hydrogen-bond donors (Lipinski definition) is 2. The van der Waals surface area contributed by atoms with Gasteiger partial charge >= 0.3 is 0 Å². The summed E-state index contributed by atoms with van der Waals surface area (Å²) in [5.74, 6) is 1.50. The van der Waals surface area contributed by atoms with Crippen molar-refractivity contribution in [2.75, 3.05) is 49.5 Å². The molecule has 28 heavy (non-hydrogen) atoms. The number of aliphatic hydroxyl groups is 1. The summed E-state index contributed by atoms with van der Waals surface area (Å²) in [5.41, 5.74) is 2.07. The molecule has 0 spiro atoms. The van der Waals surface area contributed by atoms with E-state index in [4.69, 9.17) is 26.7 Å². The lowest BCUT2D eigenvalue weighted by atomic mass is 10.2. The molecule has 0 saturated carbocycles. The van der Waals surface area contributed by atoms with Gasteiger partial charge < -0.3 is 15.3 Å². The summed E-state index contributed by atoms with van der Waals surface area (Å²) in [5, 5.41) is 14.2. The fourth-order valence-electron chi connectivity index (χ4n) is 3.49. The van der Waals surface area contributed by atoms with Crippen LogP contribution in [0.1, 0.15) is 5.56 Å². The van der Waals surface area contributed by atoms with E-state index in [2.05, 4.69) is 21.2 Å². The summed E-state index contributed by atoms with van der Waals surface area (Å²) in [6.45, 7) is 4.97. The van der Waals surface area contributed by atoms with Gasteiger partial charge in [0.2, 0.25) is 5.95 Å². The number of nitrogens with one attached hydrogen (secondary N) is 1. The third-order valence-electron chi connectivity index (χ3n) is 5.00. The zero-order valence-electron chi connectivity index (χ0n) is 15.7. The van der Waals surface area contributed by atoms with Gasteiger partial charge in [-0.15, -0.1) is 0 Å². The Hall–Kier alpha value is -2.41. The van der Waals surface area contributed by atoms with Crippen LogP contribution in [0.2, 0.25) is 5.02 Å². The highest BCUT2D eigenvalue weighted by Crippen LogP contribution is 2.24. The molecule has 0 bridgehead atoms. The molecule has 0 radical (unpaired) electrons. The molecule has 7 heteroatoms.